The molecule has 2 aromatic heterocycles. The summed E-state index contributed by atoms with van der Waals surface area (Å²) < 4.78 is 15.0. The number of fused-ring (bicyclic) bond motifs is 2. The van der Waals surface area contributed by atoms with E-state index in [1.54, 1.807) is 17.4 Å². The predicted octanol–water partition coefficient (Wildman–Crippen LogP) is 5.47. The molecule has 2 nitrogen and oxygen atoms in total. The zero-order valence-electron chi connectivity index (χ0n) is 13.3. The lowest BCUT2D eigenvalue weighted by Crippen LogP contribution is -1.99. The molecule has 2 aromatic carbocycles. The third-order valence-electron chi connectivity index (χ3n) is 4.50. The number of unbranched alkanes of at least 4 members (excludes halogenated alkanes) is 1. The van der Waals surface area contributed by atoms with E-state index < -0.39 is 0 Å². The van der Waals surface area contributed by atoms with Crippen molar-refractivity contribution >= 4 is 32.3 Å². The van der Waals surface area contributed by atoms with Gasteiger partial charge in [0, 0.05) is 31.9 Å². The molecule has 0 amide bonds. The Kier molecular flexibility index (Phi) is 4.08. The number of rotatable bonds is 5. The average molecular weight is 338 g/mol. The Balaban J connectivity index is 1.91. The molecule has 0 atom stereocenters. The summed E-state index contributed by atoms with van der Waals surface area (Å²) in [5, 5.41) is 4.42. The van der Waals surface area contributed by atoms with Gasteiger partial charge >= 0.3 is 0 Å². The summed E-state index contributed by atoms with van der Waals surface area (Å²) in [6.45, 7) is 0.688. The lowest BCUT2D eigenvalue weighted by molar-refractivity contribution is 0.629. The molecule has 0 saturated heterocycles. The quantitative estimate of drug-likeness (QED) is 0.465. The van der Waals surface area contributed by atoms with Crippen LogP contribution in [-0.2, 0) is 6.42 Å². The fourth-order valence-corrected chi connectivity index (χ4v) is 4.28. The number of aromatic nitrogens is 1. The van der Waals surface area contributed by atoms with Crippen molar-refractivity contribution in [2.45, 2.75) is 19.3 Å². The molecule has 0 unspecified atom stereocenters. The summed E-state index contributed by atoms with van der Waals surface area (Å²) in [5.74, 6) is -0.191. The Bertz CT molecular complexity index is 999. The van der Waals surface area contributed by atoms with E-state index in [9.17, 15) is 4.39 Å². The van der Waals surface area contributed by atoms with Crippen LogP contribution in [0.5, 0.6) is 0 Å². The minimum absolute atomic E-state index is 0.191. The van der Waals surface area contributed by atoms with E-state index in [1.807, 2.05) is 6.07 Å². The van der Waals surface area contributed by atoms with Crippen molar-refractivity contribution < 1.29 is 4.39 Å². The molecular weight excluding hydrogens is 319 g/mol. The molecule has 0 saturated carbocycles. The van der Waals surface area contributed by atoms with Gasteiger partial charge in [-0.15, -0.1) is 11.3 Å². The second kappa shape index (κ2) is 6.38. The van der Waals surface area contributed by atoms with E-state index in [4.69, 9.17) is 5.73 Å². The van der Waals surface area contributed by atoms with Gasteiger partial charge in [0.2, 0.25) is 0 Å². The normalized spacial score (nSPS) is 11.6. The first-order valence-electron chi connectivity index (χ1n) is 8.24. The second-order valence-corrected chi connectivity index (χ2v) is 6.97. The molecule has 0 radical (unpaired) electrons. The van der Waals surface area contributed by atoms with Crippen LogP contribution in [0.1, 0.15) is 18.4 Å². The number of hydrogen-bond acceptors (Lipinski definition) is 2. The number of thiophene rings is 1. The number of H-pyrrole nitrogens is 1. The standard InChI is InChI=1S/C20H19FN2S/c21-13-8-9-18-16(11-13)15(6-3-4-10-22)20(23-18)17-12-24-19-7-2-1-5-14(17)19/h1-2,5,7-9,11-12,23H,3-4,6,10,22H2. The summed E-state index contributed by atoms with van der Waals surface area (Å²) >= 11 is 1.74. The van der Waals surface area contributed by atoms with Crippen LogP contribution in [0.15, 0.2) is 47.8 Å². The van der Waals surface area contributed by atoms with Crippen LogP contribution >= 0.6 is 11.3 Å². The number of halogens is 1. The van der Waals surface area contributed by atoms with E-state index in [-0.39, 0.29) is 5.82 Å². The summed E-state index contributed by atoms with van der Waals surface area (Å²) in [6.07, 6.45) is 2.89. The van der Waals surface area contributed by atoms with Gasteiger partial charge in [-0.1, -0.05) is 18.2 Å². The smallest absolute Gasteiger partial charge is 0.123 e. The Morgan fingerprint density at radius 1 is 1.04 bits per heavy atom. The largest absolute Gasteiger partial charge is 0.354 e. The third-order valence-corrected chi connectivity index (χ3v) is 5.46. The van der Waals surface area contributed by atoms with Crippen molar-refractivity contribution in [1.82, 2.24) is 4.98 Å². The van der Waals surface area contributed by atoms with Gasteiger partial charge < -0.3 is 10.7 Å². The van der Waals surface area contributed by atoms with Gasteiger partial charge in [-0.05, 0) is 55.6 Å². The molecule has 4 heteroatoms. The minimum atomic E-state index is -0.191. The van der Waals surface area contributed by atoms with Crippen LogP contribution < -0.4 is 5.73 Å². The van der Waals surface area contributed by atoms with Crippen LogP contribution in [0.3, 0.4) is 0 Å². The van der Waals surface area contributed by atoms with E-state index in [1.165, 1.54) is 27.3 Å². The fourth-order valence-electron chi connectivity index (χ4n) is 3.33. The predicted molar refractivity (Wildman–Crippen MR) is 101 cm³/mol. The lowest BCUT2D eigenvalue weighted by Gasteiger charge is -2.04. The van der Waals surface area contributed by atoms with E-state index >= 15 is 0 Å². The molecule has 4 aromatic rings. The first kappa shape index (κ1) is 15.4. The van der Waals surface area contributed by atoms with E-state index in [0.29, 0.717) is 6.54 Å². The maximum atomic E-state index is 13.8. The zero-order chi connectivity index (χ0) is 16.5. The van der Waals surface area contributed by atoms with Crippen LogP contribution in [0.25, 0.3) is 32.2 Å². The summed E-state index contributed by atoms with van der Waals surface area (Å²) in [5.41, 5.74) is 10.2. The maximum absolute atomic E-state index is 13.8. The summed E-state index contributed by atoms with van der Waals surface area (Å²) in [7, 11) is 0. The number of benzene rings is 2. The zero-order valence-corrected chi connectivity index (χ0v) is 14.1. The molecule has 0 fully saturated rings. The molecule has 3 N–H and O–H groups in total. The Labute approximate surface area is 144 Å². The van der Waals surface area contributed by atoms with Gasteiger partial charge in [0.05, 0.1) is 5.69 Å². The monoisotopic (exact) mass is 338 g/mol. The first-order chi connectivity index (χ1) is 11.8. The number of aromatic amines is 1. The van der Waals surface area contributed by atoms with Gasteiger partial charge in [-0.25, -0.2) is 4.39 Å². The van der Waals surface area contributed by atoms with Crippen LogP contribution in [0.4, 0.5) is 4.39 Å². The topological polar surface area (TPSA) is 41.8 Å². The highest BCUT2D eigenvalue weighted by Gasteiger charge is 2.16. The molecule has 4 rings (SSSR count). The van der Waals surface area contributed by atoms with Crippen molar-refractivity contribution in [3.63, 3.8) is 0 Å². The molecule has 122 valence electrons. The minimum Gasteiger partial charge on any atom is -0.354 e. The van der Waals surface area contributed by atoms with Gasteiger partial charge in [0.1, 0.15) is 5.82 Å². The van der Waals surface area contributed by atoms with Gasteiger partial charge in [-0.3, -0.25) is 0 Å². The van der Waals surface area contributed by atoms with Crippen molar-refractivity contribution in [3.05, 3.63) is 59.2 Å². The van der Waals surface area contributed by atoms with Crippen molar-refractivity contribution in [2.24, 2.45) is 5.73 Å². The SMILES string of the molecule is NCCCCc1c(-c2csc3ccccc23)[nH]c2ccc(F)cc12. The van der Waals surface area contributed by atoms with Crippen LogP contribution in [-0.4, -0.2) is 11.5 Å². The van der Waals surface area contributed by atoms with E-state index in [2.05, 4.69) is 34.6 Å². The highest BCUT2D eigenvalue weighted by atomic mass is 32.1. The highest BCUT2D eigenvalue weighted by Crippen LogP contribution is 2.38. The van der Waals surface area contributed by atoms with Crippen LogP contribution in [0.2, 0.25) is 0 Å². The highest BCUT2D eigenvalue weighted by molar-refractivity contribution is 7.17. The molecule has 0 aliphatic heterocycles. The van der Waals surface area contributed by atoms with Gasteiger partial charge in [-0.2, -0.15) is 0 Å². The average Bonchev–Trinajstić information content (AvgIpc) is 3.16. The van der Waals surface area contributed by atoms with E-state index in [0.717, 1.165) is 35.9 Å². The molecule has 2 heterocycles. The molecular formula is C20H19FN2S. The molecule has 0 spiro atoms. The Hall–Kier alpha value is -2.17. The third kappa shape index (κ3) is 2.62. The molecule has 0 aliphatic carbocycles. The number of hydrogen-bond donors (Lipinski definition) is 2. The summed E-state index contributed by atoms with van der Waals surface area (Å²) in [4.78, 5) is 3.52. The fraction of sp³-hybridized carbons (Fsp3) is 0.200. The Morgan fingerprint density at radius 3 is 2.79 bits per heavy atom. The maximum Gasteiger partial charge on any atom is 0.123 e. The van der Waals surface area contributed by atoms with Crippen molar-refractivity contribution in [1.29, 1.82) is 0 Å². The molecule has 0 bridgehead atoms. The summed E-state index contributed by atoms with van der Waals surface area (Å²) in [6, 6.07) is 13.4. The van der Waals surface area contributed by atoms with Gasteiger partial charge in [0.15, 0.2) is 0 Å². The second-order valence-electron chi connectivity index (χ2n) is 6.06. The first-order valence-corrected chi connectivity index (χ1v) is 9.12. The van der Waals surface area contributed by atoms with Crippen molar-refractivity contribution in [3.8, 4) is 11.3 Å². The number of aryl methyl sites for hydroxylation is 1. The number of nitrogens with two attached hydrogens (primary N) is 1. The van der Waals surface area contributed by atoms with Gasteiger partial charge in [0.25, 0.3) is 0 Å². The Morgan fingerprint density at radius 2 is 1.92 bits per heavy atom. The lowest BCUT2D eigenvalue weighted by atomic mass is 10.00. The molecule has 0 aliphatic rings. The number of nitrogens with one attached hydrogen (secondary N) is 1. The van der Waals surface area contributed by atoms with Crippen LogP contribution in [0, 0.1) is 5.82 Å². The van der Waals surface area contributed by atoms with Crippen molar-refractivity contribution in [2.75, 3.05) is 6.54 Å². The molecule has 24 heavy (non-hydrogen) atoms.